The molecule has 0 aliphatic carbocycles. The van der Waals surface area contributed by atoms with Crippen LogP contribution in [-0.4, -0.2) is 15.8 Å². The van der Waals surface area contributed by atoms with Gasteiger partial charge in [0.25, 0.3) is 5.91 Å². The molecule has 0 bridgehead atoms. The fraction of sp³-hybridized carbons (Fsp3) is 0.0870. The molecule has 30 heavy (non-hydrogen) atoms. The number of pyridine rings is 1. The molecule has 1 aliphatic heterocycles. The van der Waals surface area contributed by atoms with Crippen LogP contribution in [0.1, 0.15) is 33.3 Å². The van der Waals surface area contributed by atoms with E-state index in [4.69, 9.17) is 16.0 Å². The van der Waals surface area contributed by atoms with E-state index >= 15 is 0 Å². The molecule has 5 rings (SSSR count). The Hall–Kier alpha value is -2.96. The number of amides is 1. The maximum absolute atomic E-state index is 13.5. The molecule has 5 nitrogen and oxygen atoms in total. The molecule has 0 N–H and O–H groups in total. The van der Waals surface area contributed by atoms with Crippen LogP contribution in [0, 0.1) is 0 Å². The van der Waals surface area contributed by atoms with Gasteiger partial charge in [0.2, 0.25) is 5.76 Å². The molecular formula is C23H14BrClN2O3. The minimum Gasteiger partial charge on any atom is -0.450 e. The van der Waals surface area contributed by atoms with E-state index in [2.05, 4.69) is 20.9 Å². The first-order valence-corrected chi connectivity index (χ1v) is 10.4. The van der Waals surface area contributed by atoms with Crippen molar-refractivity contribution in [3.63, 3.8) is 0 Å². The summed E-state index contributed by atoms with van der Waals surface area (Å²) in [5, 5.41) is 1.01. The van der Waals surface area contributed by atoms with Gasteiger partial charge in [-0.2, -0.15) is 0 Å². The number of hydrogen-bond donors (Lipinski definition) is 0. The predicted octanol–water partition coefficient (Wildman–Crippen LogP) is 5.35. The van der Waals surface area contributed by atoms with Crippen LogP contribution in [-0.2, 0) is 6.54 Å². The standard InChI is InChI=1S/C23H14BrClN2O3/c24-15-5-8-18-17(10-15)21(28)19-20(14-3-6-16(25)7-4-14)27(23(29)22(19)30-18)12-13-2-1-9-26-11-13/h1-11,20H,12H2/t20-/m1/s1. The summed E-state index contributed by atoms with van der Waals surface area (Å²) in [6.07, 6.45) is 3.38. The van der Waals surface area contributed by atoms with Crippen molar-refractivity contribution in [3.8, 4) is 0 Å². The third kappa shape index (κ3) is 3.13. The molecule has 2 aromatic carbocycles. The molecular weight excluding hydrogens is 468 g/mol. The number of benzene rings is 2. The Bertz CT molecular complexity index is 1340. The van der Waals surface area contributed by atoms with Crippen LogP contribution in [0.25, 0.3) is 11.0 Å². The quantitative estimate of drug-likeness (QED) is 0.396. The molecule has 2 aromatic heterocycles. The van der Waals surface area contributed by atoms with Crippen molar-refractivity contribution in [2.45, 2.75) is 12.6 Å². The van der Waals surface area contributed by atoms with Crippen LogP contribution in [0.15, 0.2) is 80.7 Å². The summed E-state index contributed by atoms with van der Waals surface area (Å²) >= 11 is 9.47. The fourth-order valence-corrected chi connectivity index (χ4v) is 4.32. The molecule has 1 atom stereocenters. The molecule has 1 aliphatic rings. The predicted molar refractivity (Wildman–Crippen MR) is 118 cm³/mol. The van der Waals surface area contributed by atoms with Gasteiger partial charge in [0.15, 0.2) is 5.43 Å². The molecule has 0 saturated carbocycles. The molecule has 0 unspecified atom stereocenters. The van der Waals surface area contributed by atoms with Crippen molar-refractivity contribution in [2.75, 3.05) is 0 Å². The number of rotatable bonds is 3. The Morgan fingerprint density at radius 1 is 1.10 bits per heavy atom. The van der Waals surface area contributed by atoms with Gasteiger partial charge in [-0.3, -0.25) is 14.6 Å². The van der Waals surface area contributed by atoms with Gasteiger partial charge in [0, 0.05) is 28.4 Å². The molecule has 1 amide bonds. The van der Waals surface area contributed by atoms with E-state index in [1.54, 1.807) is 47.6 Å². The van der Waals surface area contributed by atoms with Crippen LogP contribution in [0.3, 0.4) is 0 Å². The first kappa shape index (κ1) is 19.0. The van der Waals surface area contributed by atoms with Crippen LogP contribution in [0.5, 0.6) is 0 Å². The van der Waals surface area contributed by atoms with Crippen LogP contribution < -0.4 is 5.43 Å². The van der Waals surface area contributed by atoms with Crippen LogP contribution >= 0.6 is 27.5 Å². The lowest BCUT2D eigenvalue weighted by molar-refractivity contribution is 0.0714. The van der Waals surface area contributed by atoms with Crippen molar-refractivity contribution in [1.29, 1.82) is 0 Å². The van der Waals surface area contributed by atoms with Crippen LogP contribution in [0.4, 0.5) is 0 Å². The highest BCUT2D eigenvalue weighted by Gasteiger charge is 2.42. The van der Waals surface area contributed by atoms with Gasteiger partial charge in [-0.1, -0.05) is 45.7 Å². The Morgan fingerprint density at radius 3 is 2.63 bits per heavy atom. The maximum atomic E-state index is 13.5. The zero-order valence-corrected chi connectivity index (χ0v) is 17.9. The van der Waals surface area contributed by atoms with Gasteiger partial charge in [0.1, 0.15) is 5.58 Å². The molecule has 0 radical (unpaired) electrons. The van der Waals surface area contributed by atoms with Gasteiger partial charge < -0.3 is 9.32 Å². The lowest BCUT2D eigenvalue weighted by Gasteiger charge is -2.25. The van der Waals surface area contributed by atoms with Crippen LogP contribution in [0.2, 0.25) is 5.02 Å². The lowest BCUT2D eigenvalue weighted by Crippen LogP contribution is -2.29. The fourth-order valence-electron chi connectivity index (χ4n) is 3.84. The van der Waals surface area contributed by atoms with Gasteiger partial charge in [0.05, 0.1) is 17.0 Å². The van der Waals surface area contributed by atoms with Crippen molar-refractivity contribution < 1.29 is 9.21 Å². The SMILES string of the molecule is O=C1c2oc3ccc(Br)cc3c(=O)c2[C@@H](c2ccc(Cl)cc2)N1Cc1cccnc1. The summed E-state index contributed by atoms with van der Waals surface area (Å²) < 4.78 is 6.71. The maximum Gasteiger partial charge on any atom is 0.291 e. The summed E-state index contributed by atoms with van der Waals surface area (Å²) in [5.41, 5.74) is 2.16. The van der Waals surface area contributed by atoms with Crippen molar-refractivity contribution in [2.24, 2.45) is 0 Å². The monoisotopic (exact) mass is 480 g/mol. The second-order valence-corrected chi connectivity index (χ2v) is 8.41. The number of nitrogens with zero attached hydrogens (tertiary/aromatic N) is 2. The molecule has 0 spiro atoms. The summed E-state index contributed by atoms with van der Waals surface area (Å²) in [7, 11) is 0. The first-order chi connectivity index (χ1) is 14.5. The average molecular weight is 482 g/mol. The Balaban J connectivity index is 1.74. The summed E-state index contributed by atoms with van der Waals surface area (Å²) in [4.78, 5) is 32.6. The minimum absolute atomic E-state index is 0.0821. The number of carbonyl (C=O) groups is 1. The molecule has 7 heteroatoms. The Labute approximate surface area is 185 Å². The van der Waals surface area contributed by atoms with E-state index in [1.165, 1.54) is 0 Å². The molecule has 3 heterocycles. The van der Waals surface area contributed by atoms with Crippen molar-refractivity contribution in [1.82, 2.24) is 9.88 Å². The smallest absolute Gasteiger partial charge is 0.291 e. The summed E-state index contributed by atoms with van der Waals surface area (Å²) in [6.45, 7) is 0.295. The largest absolute Gasteiger partial charge is 0.450 e. The number of fused-ring (bicyclic) bond motifs is 2. The number of aromatic nitrogens is 1. The zero-order valence-electron chi connectivity index (χ0n) is 15.5. The third-order valence-corrected chi connectivity index (χ3v) is 5.93. The molecule has 4 aromatic rings. The van der Waals surface area contributed by atoms with Gasteiger partial charge in [-0.15, -0.1) is 0 Å². The Morgan fingerprint density at radius 2 is 1.90 bits per heavy atom. The highest BCUT2D eigenvalue weighted by Crippen LogP contribution is 2.39. The number of halogens is 2. The van der Waals surface area contributed by atoms with Crippen molar-refractivity contribution >= 4 is 44.4 Å². The Kier molecular flexibility index (Phi) is 4.68. The summed E-state index contributed by atoms with van der Waals surface area (Å²) in [5.74, 6) is -0.241. The second kappa shape index (κ2) is 7.38. The molecule has 0 saturated heterocycles. The highest BCUT2D eigenvalue weighted by atomic mass is 79.9. The minimum atomic E-state index is -0.579. The third-order valence-electron chi connectivity index (χ3n) is 5.19. The lowest BCUT2D eigenvalue weighted by atomic mass is 9.98. The van der Waals surface area contributed by atoms with Crippen molar-refractivity contribution in [3.05, 3.63) is 109 Å². The first-order valence-electron chi connectivity index (χ1n) is 9.24. The molecule has 148 valence electrons. The normalized spacial score (nSPS) is 15.6. The van der Waals surface area contributed by atoms with E-state index in [-0.39, 0.29) is 17.1 Å². The van der Waals surface area contributed by atoms with E-state index in [1.807, 2.05) is 24.3 Å². The van der Waals surface area contributed by atoms with Gasteiger partial charge in [-0.05, 0) is 47.5 Å². The van der Waals surface area contributed by atoms with E-state index in [9.17, 15) is 9.59 Å². The topological polar surface area (TPSA) is 63.4 Å². The van der Waals surface area contributed by atoms with Gasteiger partial charge in [-0.25, -0.2) is 0 Å². The second-order valence-electron chi connectivity index (χ2n) is 7.06. The van der Waals surface area contributed by atoms with E-state index in [0.29, 0.717) is 28.1 Å². The average Bonchev–Trinajstić information content (AvgIpc) is 3.02. The summed E-state index contributed by atoms with van der Waals surface area (Å²) in [6, 6.07) is 15.5. The van der Waals surface area contributed by atoms with E-state index < -0.39 is 6.04 Å². The van der Waals surface area contributed by atoms with Gasteiger partial charge >= 0.3 is 0 Å². The molecule has 0 fully saturated rings. The number of hydrogen-bond acceptors (Lipinski definition) is 4. The van der Waals surface area contributed by atoms with E-state index in [0.717, 1.165) is 15.6 Å². The zero-order chi connectivity index (χ0) is 20.8. The number of carbonyl (C=O) groups excluding carboxylic acids is 1. The highest BCUT2D eigenvalue weighted by molar-refractivity contribution is 9.10.